The summed E-state index contributed by atoms with van der Waals surface area (Å²) in [6.07, 6.45) is 3.50. The van der Waals surface area contributed by atoms with Crippen molar-refractivity contribution in [3.05, 3.63) is 22.6 Å². The van der Waals surface area contributed by atoms with Crippen LogP contribution in [0.1, 0.15) is 26.2 Å². The molecule has 1 amide bonds. The molecule has 9 nitrogen and oxygen atoms in total. The van der Waals surface area contributed by atoms with Gasteiger partial charge in [0.25, 0.3) is 0 Å². The molecule has 0 spiro atoms. The molecule has 0 unspecified atom stereocenters. The van der Waals surface area contributed by atoms with Crippen LogP contribution in [0.2, 0.25) is 0 Å². The van der Waals surface area contributed by atoms with Gasteiger partial charge < -0.3 is 25.1 Å². The molecule has 0 saturated carbocycles. The minimum Gasteiger partial charge on any atom is -0.480 e. The fourth-order valence-corrected chi connectivity index (χ4v) is 1.61. The van der Waals surface area contributed by atoms with Crippen LogP contribution in [0.3, 0.4) is 0 Å². The van der Waals surface area contributed by atoms with E-state index in [0.29, 0.717) is 12.8 Å². The van der Waals surface area contributed by atoms with E-state index in [4.69, 9.17) is 5.11 Å². The van der Waals surface area contributed by atoms with Gasteiger partial charge in [-0.25, -0.2) is 4.79 Å². The molecule has 1 atom stereocenters. The number of aliphatic carboxylic acids is 1. The Bertz CT molecular complexity index is 499. The summed E-state index contributed by atoms with van der Waals surface area (Å²) >= 11 is 0. The van der Waals surface area contributed by atoms with E-state index in [-0.39, 0.29) is 18.8 Å². The number of hydrogen-bond acceptors (Lipinski definition) is 5. The molecule has 0 aromatic carbocycles. The Morgan fingerprint density at radius 3 is 2.80 bits per heavy atom. The number of nitrogens with zero attached hydrogens (tertiary/aromatic N) is 3. The van der Waals surface area contributed by atoms with Crippen molar-refractivity contribution < 1.29 is 19.6 Å². The van der Waals surface area contributed by atoms with Crippen LogP contribution in [0.5, 0.6) is 0 Å². The summed E-state index contributed by atoms with van der Waals surface area (Å²) in [7, 11) is 0. The summed E-state index contributed by atoms with van der Waals surface area (Å²) in [5.74, 6) is -1.78. The van der Waals surface area contributed by atoms with E-state index in [0.717, 1.165) is 0 Å². The Morgan fingerprint density at radius 1 is 1.60 bits per heavy atom. The molecule has 1 rings (SSSR count). The Morgan fingerprint density at radius 2 is 2.30 bits per heavy atom. The lowest BCUT2D eigenvalue weighted by molar-refractivity contribution is -0.389. The first-order valence-corrected chi connectivity index (χ1v) is 6.12. The van der Waals surface area contributed by atoms with Crippen LogP contribution in [0, 0.1) is 10.1 Å². The highest BCUT2D eigenvalue weighted by molar-refractivity contribution is 5.83. The Labute approximate surface area is 114 Å². The number of nitrogens with one attached hydrogen (secondary N) is 1. The number of hydrogen-bond donors (Lipinski definition) is 2. The van der Waals surface area contributed by atoms with Crippen LogP contribution < -0.4 is 5.32 Å². The average molecular weight is 284 g/mol. The highest BCUT2D eigenvalue weighted by Crippen LogP contribution is 2.06. The van der Waals surface area contributed by atoms with E-state index in [1.165, 1.54) is 17.1 Å². The SMILES string of the molecule is CCC[C@@H](NC(=O)CCn1cnc([N+](=O)[O-])c1)C(=O)O. The molecule has 1 aromatic rings. The maximum absolute atomic E-state index is 11.6. The molecule has 0 aliphatic carbocycles. The van der Waals surface area contributed by atoms with Gasteiger partial charge in [0.05, 0.1) is 0 Å². The summed E-state index contributed by atoms with van der Waals surface area (Å²) in [6.45, 7) is 2.03. The quantitative estimate of drug-likeness (QED) is 0.530. The Balaban J connectivity index is 2.45. The average Bonchev–Trinajstić information content (AvgIpc) is 2.84. The smallest absolute Gasteiger partial charge is 0.381 e. The van der Waals surface area contributed by atoms with Gasteiger partial charge in [0, 0.05) is 13.0 Å². The van der Waals surface area contributed by atoms with Crippen LogP contribution >= 0.6 is 0 Å². The zero-order valence-electron chi connectivity index (χ0n) is 11.0. The number of nitro groups is 1. The third-order valence-electron chi connectivity index (χ3n) is 2.61. The maximum atomic E-state index is 11.6. The monoisotopic (exact) mass is 284 g/mol. The largest absolute Gasteiger partial charge is 0.480 e. The van der Waals surface area contributed by atoms with Gasteiger partial charge in [-0.2, -0.15) is 0 Å². The molecular weight excluding hydrogens is 268 g/mol. The van der Waals surface area contributed by atoms with Gasteiger partial charge in [-0.3, -0.25) is 4.79 Å². The lowest BCUT2D eigenvalue weighted by Gasteiger charge is -2.13. The summed E-state index contributed by atoms with van der Waals surface area (Å²) in [5.41, 5.74) is 0. The second kappa shape index (κ2) is 7.22. The summed E-state index contributed by atoms with van der Waals surface area (Å²) in [5, 5.41) is 21.7. The zero-order chi connectivity index (χ0) is 15.1. The van der Waals surface area contributed by atoms with Crippen LogP contribution in [0.15, 0.2) is 12.5 Å². The van der Waals surface area contributed by atoms with Gasteiger partial charge >= 0.3 is 11.8 Å². The first-order valence-electron chi connectivity index (χ1n) is 6.12. The highest BCUT2D eigenvalue weighted by atomic mass is 16.6. The van der Waals surface area contributed by atoms with Crippen molar-refractivity contribution in [1.82, 2.24) is 14.9 Å². The molecule has 0 saturated heterocycles. The van der Waals surface area contributed by atoms with E-state index in [2.05, 4.69) is 10.3 Å². The number of rotatable bonds is 8. The zero-order valence-corrected chi connectivity index (χ0v) is 11.0. The molecular formula is C11H16N4O5. The second-order valence-electron chi connectivity index (χ2n) is 4.22. The number of amides is 1. The summed E-state index contributed by atoms with van der Waals surface area (Å²) < 4.78 is 1.41. The molecule has 20 heavy (non-hydrogen) atoms. The fourth-order valence-electron chi connectivity index (χ4n) is 1.61. The summed E-state index contributed by atoms with van der Waals surface area (Å²) in [4.78, 5) is 35.8. The molecule has 2 N–H and O–H groups in total. The van der Waals surface area contributed by atoms with Gasteiger partial charge in [-0.1, -0.05) is 13.3 Å². The molecule has 0 bridgehead atoms. The molecule has 1 aromatic heterocycles. The number of carbonyl (C=O) groups is 2. The predicted octanol–water partition coefficient (Wildman–Crippen LogP) is 0.551. The van der Waals surface area contributed by atoms with Crippen LogP contribution in [-0.2, 0) is 16.1 Å². The first-order chi connectivity index (χ1) is 9.43. The van der Waals surface area contributed by atoms with Crippen LogP contribution in [0.25, 0.3) is 0 Å². The van der Waals surface area contributed by atoms with Crippen molar-refractivity contribution in [1.29, 1.82) is 0 Å². The van der Waals surface area contributed by atoms with Gasteiger partial charge in [0.2, 0.25) is 12.2 Å². The molecule has 0 aliphatic heterocycles. The summed E-state index contributed by atoms with van der Waals surface area (Å²) in [6, 6.07) is -0.898. The van der Waals surface area contributed by atoms with Gasteiger partial charge in [0.1, 0.15) is 12.2 Å². The topological polar surface area (TPSA) is 127 Å². The molecule has 0 aliphatic rings. The van der Waals surface area contributed by atoms with Crippen LogP contribution in [-0.4, -0.2) is 37.5 Å². The van der Waals surface area contributed by atoms with E-state index in [9.17, 15) is 19.7 Å². The number of carbonyl (C=O) groups excluding carboxylic acids is 1. The number of carboxylic acids is 1. The number of aryl methyl sites for hydroxylation is 1. The van der Waals surface area contributed by atoms with E-state index in [1.54, 1.807) is 0 Å². The molecule has 9 heteroatoms. The van der Waals surface area contributed by atoms with Crippen molar-refractivity contribution in [3.8, 4) is 0 Å². The van der Waals surface area contributed by atoms with Crippen molar-refractivity contribution in [2.24, 2.45) is 0 Å². The standard InChI is InChI=1S/C11H16N4O5/c1-2-3-8(11(17)18)13-10(16)4-5-14-6-9(12-7-14)15(19)20/h6-8H,2-5H2,1H3,(H,13,16)(H,17,18)/t8-/m1/s1. The van der Waals surface area contributed by atoms with E-state index >= 15 is 0 Å². The number of carboxylic acid groups (broad SMARTS) is 1. The number of aromatic nitrogens is 2. The third-order valence-corrected chi connectivity index (χ3v) is 2.61. The van der Waals surface area contributed by atoms with Crippen molar-refractivity contribution in [2.75, 3.05) is 0 Å². The van der Waals surface area contributed by atoms with Crippen molar-refractivity contribution in [3.63, 3.8) is 0 Å². The molecule has 0 fully saturated rings. The van der Waals surface area contributed by atoms with Gasteiger partial charge in [-0.15, -0.1) is 0 Å². The van der Waals surface area contributed by atoms with E-state index < -0.39 is 22.8 Å². The van der Waals surface area contributed by atoms with Crippen molar-refractivity contribution in [2.45, 2.75) is 38.8 Å². The second-order valence-corrected chi connectivity index (χ2v) is 4.22. The van der Waals surface area contributed by atoms with Gasteiger partial charge in [-0.05, 0) is 16.3 Å². The third kappa shape index (κ3) is 4.67. The minimum absolute atomic E-state index is 0.0288. The minimum atomic E-state index is -1.07. The van der Waals surface area contributed by atoms with Crippen LogP contribution in [0.4, 0.5) is 5.82 Å². The van der Waals surface area contributed by atoms with E-state index in [1.807, 2.05) is 6.92 Å². The normalized spacial score (nSPS) is 11.8. The van der Waals surface area contributed by atoms with Crippen molar-refractivity contribution >= 4 is 17.7 Å². The molecule has 0 radical (unpaired) electrons. The lowest BCUT2D eigenvalue weighted by atomic mass is 10.1. The van der Waals surface area contributed by atoms with Gasteiger partial charge in [0.15, 0.2) is 0 Å². The predicted molar refractivity (Wildman–Crippen MR) is 68.0 cm³/mol. The molecule has 110 valence electrons. The highest BCUT2D eigenvalue weighted by Gasteiger charge is 2.18. The fraction of sp³-hybridized carbons (Fsp3) is 0.545. The molecule has 1 heterocycles. The Hall–Kier alpha value is -2.45. The maximum Gasteiger partial charge on any atom is 0.381 e. The first kappa shape index (κ1) is 15.6. The Kier molecular flexibility index (Phi) is 5.63. The number of imidazole rings is 1. The lowest BCUT2D eigenvalue weighted by Crippen LogP contribution is -2.40.